The number of rotatable bonds is 3. The summed E-state index contributed by atoms with van der Waals surface area (Å²) >= 11 is 12.1. The predicted octanol–water partition coefficient (Wildman–Crippen LogP) is 3.44. The Bertz CT molecular complexity index is 619. The van der Waals surface area contributed by atoms with Crippen LogP contribution in [0.3, 0.4) is 0 Å². The fourth-order valence-electron chi connectivity index (χ4n) is 2.65. The van der Waals surface area contributed by atoms with Gasteiger partial charge >= 0.3 is 0 Å². The number of aliphatic hydroxyl groups excluding tert-OH is 1. The molecule has 1 aromatic rings. The van der Waals surface area contributed by atoms with Crippen molar-refractivity contribution in [1.82, 2.24) is 4.31 Å². The summed E-state index contributed by atoms with van der Waals surface area (Å²) < 4.78 is 27.2. The van der Waals surface area contributed by atoms with Crippen LogP contribution in [0, 0.1) is 0 Å². The van der Waals surface area contributed by atoms with Crippen molar-refractivity contribution in [3.63, 3.8) is 0 Å². The molecule has 1 atom stereocenters. The van der Waals surface area contributed by atoms with Gasteiger partial charge in [-0.1, -0.05) is 36.0 Å². The molecule has 1 aliphatic rings. The number of halogens is 2. The molecule has 21 heavy (non-hydrogen) atoms. The van der Waals surface area contributed by atoms with Crippen molar-refractivity contribution in [1.29, 1.82) is 0 Å². The maximum Gasteiger partial charge on any atom is 0.244 e. The molecule has 4 nitrogen and oxygen atoms in total. The van der Waals surface area contributed by atoms with Crippen LogP contribution in [0.4, 0.5) is 0 Å². The minimum atomic E-state index is -3.68. The van der Waals surface area contributed by atoms with E-state index in [1.54, 1.807) is 0 Å². The zero-order valence-electron chi connectivity index (χ0n) is 11.8. The summed E-state index contributed by atoms with van der Waals surface area (Å²) in [5, 5.41) is 9.60. The average Bonchev–Trinajstić information content (AvgIpc) is 2.64. The number of hydrogen-bond donors (Lipinski definition) is 1. The van der Waals surface area contributed by atoms with Crippen LogP contribution in [-0.4, -0.2) is 30.4 Å². The summed E-state index contributed by atoms with van der Waals surface area (Å²) in [5.74, 6) is 0. The molecule has 0 radical (unpaired) electrons. The topological polar surface area (TPSA) is 57.6 Å². The van der Waals surface area contributed by atoms with Gasteiger partial charge in [0.15, 0.2) is 0 Å². The highest BCUT2D eigenvalue weighted by atomic mass is 35.5. The zero-order chi connectivity index (χ0) is 15.6. The Labute approximate surface area is 135 Å². The molecular weight excluding hydrogens is 333 g/mol. The Morgan fingerprint density at radius 1 is 1.29 bits per heavy atom. The van der Waals surface area contributed by atoms with Crippen molar-refractivity contribution in [2.45, 2.75) is 50.2 Å². The van der Waals surface area contributed by atoms with Gasteiger partial charge in [-0.3, -0.25) is 0 Å². The van der Waals surface area contributed by atoms with Crippen LogP contribution < -0.4 is 0 Å². The third-order valence-electron chi connectivity index (χ3n) is 3.89. The minimum Gasteiger partial charge on any atom is -0.392 e. The van der Waals surface area contributed by atoms with Crippen LogP contribution in [0.25, 0.3) is 0 Å². The van der Waals surface area contributed by atoms with Crippen LogP contribution in [0.1, 0.15) is 38.2 Å². The van der Waals surface area contributed by atoms with Crippen LogP contribution >= 0.6 is 23.2 Å². The van der Waals surface area contributed by atoms with Gasteiger partial charge in [0.1, 0.15) is 4.90 Å². The highest BCUT2D eigenvalue weighted by Crippen LogP contribution is 2.34. The van der Waals surface area contributed by atoms with Gasteiger partial charge in [-0.05, 0) is 31.9 Å². The molecular formula is C14H19Cl2NO3S. The maximum absolute atomic E-state index is 12.9. The molecule has 118 valence electrons. The van der Waals surface area contributed by atoms with E-state index < -0.39 is 16.6 Å². The largest absolute Gasteiger partial charge is 0.392 e. The number of hydrogen-bond acceptors (Lipinski definition) is 3. The van der Waals surface area contributed by atoms with Gasteiger partial charge < -0.3 is 5.11 Å². The highest BCUT2D eigenvalue weighted by molar-refractivity contribution is 7.89. The lowest BCUT2D eigenvalue weighted by atomic mass is 10.1. The van der Waals surface area contributed by atoms with Gasteiger partial charge in [-0.25, -0.2) is 8.42 Å². The predicted molar refractivity (Wildman–Crippen MR) is 84.2 cm³/mol. The molecule has 1 N–H and O–H groups in total. The number of aliphatic hydroxyl groups is 1. The summed E-state index contributed by atoms with van der Waals surface area (Å²) in [5.41, 5.74) is 0.252. The Balaban J connectivity index is 2.48. The molecule has 0 saturated carbocycles. The Hall–Kier alpha value is -0.330. The molecule has 7 heteroatoms. The Morgan fingerprint density at radius 2 is 2.00 bits per heavy atom. The monoisotopic (exact) mass is 351 g/mol. The molecule has 0 bridgehead atoms. The summed E-state index contributed by atoms with van der Waals surface area (Å²) in [4.78, 5) is 0.0198. The maximum atomic E-state index is 12.9. The van der Waals surface area contributed by atoms with E-state index in [2.05, 4.69) is 0 Å². The standard InChI is InChI=1S/C14H19Cl2NO3S/c1-10-5-3-2-4-8-17(10)21(19,20)13-7-6-12(15)11(9-18)14(13)16/h6-7,10,18H,2-5,8-9H2,1H3. The molecule has 0 aromatic heterocycles. The van der Waals surface area contributed by atoms with Crippen molar-refractivity contribution in [2.24, 2.45) is 0 Å². The van der Waals surface area contributed by atoms with Crippen LogP contribution in [0.15, 0.2) is 17.0 Å². The molecule has 1 aromatic carbocycles. The van der Waals surface area contributed by atoms with Crippen LogP contribution in [0.2, 0.25) is 10.0 Å². The quantitative estimate of drug-likeness (QED) is 0.907. The molecule has 2 rings (SSSR count). The number of nitrogens with zero attached hydrogens (tertiary/aromatic N) is 1. The molecule has 0 spiro atoms. The van der Waals surface area contributed by atoms with Gasteiger partial charge in [-0.15, -0.1) is 0 Å². The zero-order valence-corrected chi connectivity index (χ0v) is 14.2. The second kappa shape index (κ2) is 6.84. The summed E-state index contributed by atoms with van der Waals surface area (Å²) in [6.45, 7) is 2.02. The summed E-state index contributed by atoms with van der Waals surface area (Å²) in [6.07, 6.45) is 3.76. The van der Waals surface area contributed by atoms with E-state index in [1.165, 1.54) is 16.4 Å². The van der Waals surface area contributed by atoms with Gasteiger partial charge in [0.05, 0.1) is 11.6 Å². The lowest BCUT2D eigenvalue weighted by Crippen LogP contribution is -2.38. The van der Waals surface area contributed by atoms with E-state index in [9.17, 15) is 13.5 Å². The first kappa shape index (κ1) is 17.0. The van der Waals surface area contributed by atoms with Crippen molar-refractivity contribution in [2.75, 3.05) is 6.54 Å². The van der Waals surface area contributed by atoms with Crippen LogP contribution in [-0.2, 0) is 16.6 Å². The molecule has 1 aliphatic heterocycles. The van der Waals surface area contributed by atoms with Crippen molar-refractivity contribution < 1.29 is 13.5 Å². The normalized spacial score (nSPS) is 21.2. The molecule has 0 aliphatic carbocycles. The SMILES string of the molecule is CC1CCCCCN1S(=O)(=O)c1ccc(Cl)c(CO)c1Cl. The lowest BCUT2D eigenvalue weighted by Gasteiger charge is -2.27. The smallest absolute Gasteiger partial charge is 0.244 e. The molecule has 1 heterocycles. The van der Waals surface area contributed by atoms with Crippen LogP contribution in [0.5, 0.6) is 0 Å². The molecule has 1 saturated heterocycles. The van der Waals surface area contributed by atoms with E-state index in [1.807, 2.05) is 6.92 Å². The van der Waals surface area contributed by atoms with Gasteiger partial charge in [0.2, 0.25) is 10.0 Å². The molecule has 1 unspecified atom stereocenters. The van der Waals surface area contributed by atoms with Gasteiger partial charge in [0, 0.05) is 23.2 Å². The highest BCUT2D eigenvalue weighted by Gasteiger charge is 2.32. The second-order valence-electron chi connectivity index (χ2n) is 5.31. The first-order valence-corrected chi connectivity index (χ1v) is 9.18. The van der Waals surface area contributed by atoms with E-state index in [4.69, 9.17) is 23.2 Å². The van der Waals surface area contributed by atoms with E-state index in [0.29, 0.717) is 6.54 Å². The first-order chi connectivity index (χ1) is 9.89. The molecule has 1 fully saturated rings. The Kier molecular flexibility index (Phi) is 5.54. The first-order valence-electron chi connectivity index (χ1n) is 6.99. The lowest BCUT2D eigenvalue weighted by molar-refractivity contribution is 0.281. The third-order valence-corrected chi connectivity index (χ3v) is 6.84. The van der Waals surface area contributed by atoms with Gasteiger partial charge in [-0.2, -0.15) is 4.31 Å². The van der Waals surface area contributed by atoms with E-state index in [-0.39, 0.29) is 26.5 Å². The number of sulfonamides is 1. The van der Waals surface area contributed by atoms with Gasteiger partial charge in [0.25, 0.3) is 0 Å². The van der Waals surface area contributed by atoms with Crippen molar-refractivity contribution in [3.05, 3.63) is 27.7 Å². The van der Waals surface area contributed by atoms with E-state index >= 15 is 0 Å². The molecule has 0 amide bonds. The summed E-state index contributed by atoms with van der Waals surface area (Å²) in [6, 6.07) is 2.83. The van der Waals surface area contributed by atoms with E-state index in [0.717, 1.165) is 25.7 Å². The fraction of sp³-hybridized carbons (Fsp3) is 0.571. The summed E-state index contributed by atoms with van der Waals surface area (Å²) in [7, 11) is -3.68. The minimum absolute atomic E-state index is 0.0152. The van der Waals surface area contributed by atoms with Crippen molar-refractivity contribution >= 4 is 33.2 Å². The fourth-order valence-corrected chi connectivity index (χ4v) is 5.23. The average molecular weight is 352 g/mol. The third kappa shape index (κ3) is 3.37. The second-order valence-corrected chi connectivity index (χ2v) is 7.95. The number of benzene rings is 1. The van der Waals surface area contributed by atoms with Crippen molar-refractivity contribution in [3.8, 4) is 0 Å². The Morgan fingerprint density at radius 3 is 2.67 bits per heavy atom.